The van der Waals surface area contributed by atoms with Crippen LogP contribution in [0.2, 0.25) is 0 Å². The quantitative estimate of drug-likeness (QED) is 0.854. The van der Waals surface area contributed by atoms with E-state index in [1.807, 2.05) is 6.07 Å². The van der Waals surface area contributed by atoms with Crippen LogP contribution in [0.1, 0.15) is 38.3 Å². The minimum absolute atomic E-state index is 0.0470. The zero-order chi connectivity index (χ0) is 13.8. The van der Waals surface area contributed by atoms with Gasteiger partial charge >= 0.3 is 0 Å². The Labute approximate surface area is 115 Å². The van der Waals surface area contributed by atoms with Gasteiger partial charge in [-0.05, 0) is 37.4 Å². The first-order valence-electron chi connectivity index (χ1n) is 7.27. The van der Waals surface area contributed by atoms with Gasteiger partial charge < -0.3 is 5.73 Å². The lowest BCUT2D eigenvalue weighted by molar-refractivity contribution is -0.129. The summed E-state index contributed by atoms with van der Waals surface area (Å²) in [5.74, 6) is 0.287. The second kappa shape index (κ2) is 6.20. The van der Waals surface area contributed by atoms with Gasteiger partial charge in [-0.3, -0.25) is 9.69 Å². The van der Waals surface area contributed by atoms with Crippen molar-refractivity contribution in [1.29, 1.82) is 0 Å². The van der Waals surface area contributed by atoms with Crippen LogP contribution in [0, 0.1) is 11.8 Å². The van der Waals surface area contributed by atoms with Gasteiger partial charge in [0.25, 0.3) is 0 Å². The molecule has 1 aliphatic rings. The molecule has 0 aliphatic heterocycles. The van der Waals surface area contributed by atoms with Crippen molar-refractivity contribution >= 4 is 5.91 Å². The lowest BCUT2D eigenvalue weighted by Gasteiger charge is -2.45. The molecule has 3 atom stereocenters. The molecule has 0 radical (unpaired) electrons. The summed E-state index contributed by atoms with van der Waals surface area (Å²) in [6, 6.07) is 10.8. The lowest BCUT2D eigenvalue weighted by atomic mass is 9.67. The molecule has 1 fully saturated rings. The lowest BCUT2D eigenvalue weighted by Crippen LogP contribution is -2.46. The Bertz CT molecular complexity index is 414. The summed E-state index contributed by atoms with van der Waals surface area (Å²) in [7, 11) is 0. The second-order valence-electron chi connectivity index (χ2n) is 5.33. The first kappa shape index (κ1) is 14.1. The molecule has 3 heteroatoms. The summed E-state index contributed by atoms with van der Waals surface area (Å²) in [4.78, 5) is 14.0. The molecule has 0 spiro atoms. The number of hydrogen-bond donors (Lipinski definition) is 1. The number of carbonyl (C=O) groups excluding carboxylic acids is 1. The minimum Gasteiger partial charge on any atom is -0.369 e. The van der Waals surface area contributed by atoms with Gasteiger partial charge in [0.2, 0.25) is 5.91 Å². The predicted molar refractivity (Wildman–Crippen MR) is 77.5 cm³/mol. The molecule has 19 heavy (non-hydrogen) atoms. The fourth-order valence-corrected chi connectivity index (χ4v) is 3.25. The summed E-state index contributed by atoms with van der Waals surface area (Å²) < 4.78 is 0. The Balaban J connectivity index is 2.27. The summed E-state index contributed by atoms with van der Waals surface area (Å²) >= 11 is 0. The van der Waals surface area contributed by atoms with Gasteiger partial charge in [-0.15, -0.1) is 0 Å². The van der Waals surface area contributed by atoms with E-state index in [2.05, 4.69) is 43.0 Å². The average molecular weight is 260 g/mol. The third kappa shape index (κ3) is 2.81. The van der Waals surface area contributed by atoms with Crippen molar-refractivity contribution in [2.24, 2.45) is 17.6 Å². The first-order valence-corrected chi connectivity index (χ1v) is 7.27. The SMILES string of the molecule is CCN(CC)C(c1ccccc1)C1CCC1C(N)=O. The Morgan fingerprint density at radius 2 is 1.89 bits per heavy atom. The van der Waals surface area contributed by atoms with Crippen molar-refractivity contribution in [2.45, 2.75) is 32.7 Å². The van der Waals surface area contributed by atoms with Crippen molar-refractivity contribution in [1.82, 2.24) is 4.90 Å². The maximum absolute atomic E-state index is 11.5. The molecule has 0 saturated heterocycles. The van der Waals surface area contributed by atoms with Gasteiger partial charge in [0, 0.05) is 12.0 Å². The van der Waals surface area contributed by atoms with E-state index in [0.29, 0.717) is 12.0 Å². The van der Waals surface area contributed by atoms with Crippen molar-refractivity contribution in [2.75, 3.05) is 13.1 Å². The van der Waals surface area contributed by atoms with E-state index in [1.165, 1.54) is 5.56 Å². The predicted octanol–water partition coefficient (Wildman–Crippen LogP) is 2.58. The van der Waals surface area contributed by atoms with Crippen LogP contribution in [0.25, 0.3) is 0 Å². The Kier molecular flexibility index (Phi) is 4.59. The van der Waals surface area contributed by atoms with E-state index >= 15 is 0 Å². The molecule has 3 unspecified atom stereocenters. The maximum Gasteiger partial charge on any atom is 0.220 e. The van der Waals surface area contributed by atoms with Crippen LogP contribution < -0.4 is 5.73 Å². The number of nitrogens with zero attached hydrogens (tertiary/aromatic N) is 1. The van der Waals surface area contributed by atoms with Crippen LogP contribution in [-0.4, -0.2) is 23.9 Å². The molecular formula is C16H24N2O. The van der Waals surface area contributed by atoms with Gasteiger partial charge in [0.05, 0.1) is 0 Å². The normalized spacial score (nSPS) is 23.9. The fraction of sp³-hybridized carbons (Fsp3) is 0.562. The zero-order valence-electron chi connectivity index (χ0n) is 11.9. The van der Waals surface area contributed by atoms with E-state index in [9.17, 15) is 4.79 Å². The third-order valence-corrected chi connectivity index (χ3v) is 4.45. The van der Waals surface area contributed by atoms with Crippen molar-refractivity contribution < 1.29 is 4.79 Å². The molecule has 0 aromatic heterocycles. The van der Waals surface area contributed by atoms with Crippen molar-refractivity contribution in [3.8, 4) is 0 Å². The number of amides is 1. The Morgan fingerprint density at radius 3 is 2.32 bits per heavy atom. The third-order valence-electron chi connectivity index (χ3n) is 4.45. The highest BCUT2D eigenvalue weighted by molar-refractivity contribution is 5.78. The molecule has 2 rings (SSSR count). The Hall–Kier alpha value is -1.35. The largest absolute Gasteiger partial charge is 0.369 e. The topological polar surface area (TPSA) is 46.3 Å². The van der Waals surface area contributed by atoms with Gasteiger partial charge in [0.15, 0.2) is 0 Å². The molecular weight excluding hydrogens is 236 g/mol. The van der Waals surface area contributed by atoms with E-state index in [0.717, 1.165) is 25.9 Å². The van der Waals surface area contributed by atoms with Crippen LogP contribution in [0.3, 0.4) is 0 Å². The van der Waals surface area contributed by atoms with E-state index < -0.39 is 0 Å². The maximum atomic E-state index is 11.5. The van der Waals surface area contributed by atoms with E-state index in [1.54, 1.807) is 0 Å². The van der Waals surface area contributed by atoms with E-state index in [4.69, 9.17) is 5.73 Å². The van der Waals surface area contributed by atoms with Gasteiger partial charge in [-0.2, -0.15) is 0 Å². The molecule has 3 nitrogen and oxygen atoms in total. The molecule has 0 heterocycles. The summed E-state index contributed by atoms with van der Waals surface area (Å²) in [5.41, 5.74) is 6.84. The monoisotopic (exact) mass is 260 g/mol. The summed E-state index contributed by atoms with van der Waals surface area (Å²) in [6.45, 7) is 6.35. The van der Waals surface area contributed by atoms with Crippen LogP contribution in [0.4, 0.5) is 0 Å². The molecule has 2 N–H and O–H groups in total. The molecule has 104 valence electrons. The number of carbonyl (C=O) groups is 1. The van der Waals surface area contributed by atoms with E-state index in [-0.39, 0.29) is 11.8 Å². The number of hydrogen-bond acceptors (Lipinski definition) is 2. The van der Waals surface area contributed by atoms with Crippen molar-refractivity contribution in [3.63, 3.8) is 0 Å². The van der Waals surface area contributed by atoms with Crippen molar-refractivity contribution in [3.05, 3.63) is 35.9 Å². The highest BCUT2D eigenvalue weighted by atomic mass is 16.1. The van der Waals surface area contributed by atoms with Crippen LogP contribution in [0.15, 0.2) is 30.3 Å². The summed E-state index contributed by atoms with van der Waals surface area (Å²) in [6.07, 6.45) is 2.05. The second-order valence-corrected chi connectivity index (χ2v) is 5.33. The highest BCUT2D eigenvalue weighted by Gasteiger charge is 2.42. The highest BCUT2D eigenvalue weighted by Crippen LogP contribution is 2.45. The minimum atomic E-state index is -0.135. The zero-order valence-corrected chi connectivity index (χ0v) is 11.9. The fourth-order valence-electron chi connectivity index (χ4n) is 3.25. The number of primary amides is 1. The molecule has 1 aromatic carbocycles. The van der Waals surface area contributed by atoms with Crippen LogP contribution >= 0.6 is 0 Å². The van der Waals surface area contributed by atoms with Crippen LogP contribution in [0.5, 0.6) is 0 Å². The van der Waals surface area contributed by atoms with Gasteiger partial charge in [-0.1, -0.05) is 44.2 Å². The average Bonchev–Trinajstić information content (AvgIpc) is 2.38. The standard InChI is InChI=1S/C16H24N2O/c1-3-18(4-2)15(12-8-6-5-7-9-12)13-10-11-14(13)16(17)19/h5-9,13-15H,3-4,10-11H2,1-2H3,(H2,17,19). The van der Waals surface area contributed by atoms with Gasteiger partial charge in [0.1, 0.15) is 0 Å². The number of nitrogens with two attached hydrogens (primary N) is 1. The smallest absolute Gasteiger partial charge is 0.220 e. The number of benzene rings is 1. The Morgan fingerprint density at radius 1 is 1.26 bits per heavy atom. The molecule has 1 saturated carbocycles. The molecule has 1 amide bonds. The van der Waals surface area contributed by atoms with Gasteiger partial charge in [-0.25, -0.2) is 0 Å². The molecule has 0 bridgehead atoms. The van der Waals surface area contributed by atoms with Crippen LogP contribution in [-0.2, 0) is 4.79 Å². The number of rotatable bonds is 6. The molecule has 1 aromatic rings. The first-order chi connectivity index (χ1) is 9.19. The molecule has 1 aliphatic carbocycles. The summed E-state index contributed by atoms with van der Waals surface area (Å²) in [5, 5.41) is 0.